The molecule has 1 rings (SSSR count). The standard InChI is InChI=1S/C9H18IN/c1-7(10)6-9-5-4-8(2)11(9)3/h7-9H,4-6H2,1-3H3. The van der Waals surface area contributed by atoms with Crippen molar-refractivity contribution in [2.24, 2.45) is 0 Å². The molecule has 1 aliphatic heterocycles. The molecule has 0 aliphatic carbocycles. The highest BCUT2D eigenvalue weighted by Gasteiger charge is 2.27. The van der Waals surface area contributed by atoms with Gasteiger partial charge < -0.3 is 4.90 Å². The smallest absolute Gasteiger partial charge is 0.0105 e. The van der Waals surface area contributed by atoms with Gasteiger partial charge in [0.15, 0.2) is 0 Å². The van der Waals surface area contributed by atoms with Gasteiger partial charge >= 0.3 is 0 Å². The summed E-state index contributed by atoms with van der Waals surface area (Å²) >= 11 is 2.52. The van der Waals surface area contributed by atoms with E-state index in [1.165, 1.54) is 19.3 Å². The minimum absolute atomic E-state index is 0.815. The van der Waals surface area contributed by atoms with Crippen molar-refractivity contribution in [1.29, 1.82) is 0 Å². The minimum Gasteiger partial charge on any atom is -0.301 e. The molecule has 0 amide bonds. The average Bonchev–Trinajstić information content (AvgIpc) is 2.18. The molecule has 1 nitrogen and oxygen atoms in total. The van der Waals surface area contributed by atoms with Gasteiger partial charge in [-0.1, -0.05) is 29.5 Å². The van der Waals surface area contributed by atoms with E-state index in [-0.39, 0.29) is 0 Å². The zero-order chi connectivity index (χ0) is 8.43. The molecule has 0 aromatic rings. The van der Waals surface area contributed by atoms with Gasteiger partial charge in [-0.05, 0) is 33.2 Å². The summed E-state index contributed by atoms with van der Waals surface area (Å²) in [6.07, 6.45) is 4.16. The summed E-state index contributed by atoms with van der Waals surface area (Å²) in [5.74, 6) is 0. The lowest BCUT2D eigenvalue weighted by molar-refractivity contribution is 0.245. The summed E-state index contributed by atoms with van der Waals surface area (Å²) in [5.41, 5.74) is 0. The molecule has 1 aliphatic rings. The Bertz CT molecular complexity index is 125. The normalized spacial score (nSPS) is 36.0. The van der Waals surface area contributed by atoms with E-state index in [2.05, 4.69) is 48.4 Å². The predicted octanol–water partition coefficient (Wildman–Crippen LogP) is 2.68. The zero-order valence-corrected chi connectivity index (χ0v) is 9.84. The number of hydrogen-bond acceptors (Lipinski definition) is 1. The number of rotatable bonds is 2. The summed E-state index contributed by atoms with van der Waals surface area (Å²) in [7, 11) is 2.27. The highest BCUT2D eigenvalue weighted by molar-refractivity contribution is 14.1. The van der Waals surface area contributed by atoms with Gasteiger partial charge in [-0.15, -0.1) is 0 Å². The summed E-state index contributed by atoms with van der Waals surface area (Å²) in [6.45, 7) is 4.63. The largest absolute Gasteiger partial charge is 0.301 e. The number of hydrogen-bond donors (Lipinski definition) is 0. The van der Waals surface area contributed by atoms with Gasteiger partial charge in [0.25, 0.3) is 0 Å². The molecule has 0 N–H and O–H groups in total. The van der Waals surface area contributed by atoms with E-state index in [0.29, 0.717) is 0 Å². The first-order valence-electron chi connectivity index (χ1n) is 4.47. The topological polar surface area (TPSA) is 3.24 Å². The molecule has 1 fully saturated rings. The Hall–Kier alpha value is 0.690. The van der Waals surface area contributed by atoms with Crippen LogP contribution in [0, 0.1) is 0 Å². The van der Waals surface area contributed by atoms with Crippen LogP contribution in [0.5, 0.6) is 0 Å². The molecule has 3 atom stereocenters. The van der Waals surface area contributed by atoms with Gasteiger partial charge in [0.05, 0.1) is 0 Å². The van der Waals surface area contributed by atoms with E-state index in [0.717, 1.165) is 16.0 Å². The van der Waals surface area contributed by atoms with E-state index in [9.17, 15) is 0 Å². The van der Waals surface area contributed by atoms with Crippen LogP contribution in [0.4, 0.5) is 0 Å². The Morgan fingerprint density at radius 1 is 1.55 bits per heavy atom. The monoisotopic (exact) mass is 267 g/mol. The first-order valence-corrected chi connectivity index (χ1v) is 5.72. The van der Waals surface area contributed by atoms with Crippen LogP contribution in [-0.2, 0) is 0 Å². The van der Waals surface area contributed by atoms with Crippen LogP contribution in [0.2, 0.25) is 0 Å². The fourth-order valence-electron chi connectivity index (χ4n) is 1.86. The van der Waals surface area contributed by atoms with Crippen LogP contribution >= 0.6 is 22.6 Å². The average molecular weight is 267 g/mol. The van der Waals surface area contributed by atoms with Crippen LogP contribution in [0.15, 0.2) is 0 Å². The second-order valence-corrected chi connectivity index (χ2v) is 5.89. The molecule has 3 unspecified atom stereocenters. The molecule has 0 saturated carbocycles. The molecular formula is C9H18IN. The van der Waals surface area contributed by atoms with Crippen LogP contribution in [0.25, 0.3) is 0 Å². The molecule has 2 heteroatoms. The number of halogens is 1. The van der Waals surface area contributed by atoms with Gasteiger partial charge in [0.1, 0.15) is 0 Å². The molecule has 0 aromatic heterocycles. The quantitative estimate of drug-likeness (QED) is 0.549. The third-order valence-corrected chi connectivity index (χ3v) is 3.29. The highest BCUT2D eigenvalue weighted by Crippen LogP contribution is 2.26. The summed E-state index contributed by atoms with van der Waals surface area (Å²) < 4.78 is 0.824. The van der Waals surface area contributed by atoms with E-state index in [4.69, 9.17) is 0 Å². The van der Waals surface area contributed by atoms with Gasteiger partial charge in [-0.3, -0.25) is 0 Å². The molecule has 0 spiro atoms. The molecular weight excluding hydrogens is 249 g/mol. The molecule has 0 bridgehead atoms. The van der Waals surface area contributed by atoms with E-state index < -0.39 is 0 Å². The summed E-state index contributed by atoms with van der Waals surface area (Å²) in [5, 5.41) is 0. The van der Waals surface area contributed by atoms with E-state index in [1.54, 1.807) is 0 Å². The fourth-order valence-corrected chi connectivity index (χ4v) is 2.45. The Morgan fingerprint density at radius 2 is 2.18 bits per heavy atom. The van der Waals surface area contributed by atoms with Crippen molar-refractivity contribution in [1.82, 2.24) is 4.90 Å². The molecule has 0 radical (unpaired) electrons. The van der Waals surface area contributed by atoms with Crippen molar-refractivity contribution in [3.05, 3.63) is 0 Å². The lowest BCUT2D eigenvalue weighted by atomic mass is 10.1. The molecule has 66 valence electrons. The first-order chi connectivity index (χ1) is 5.11. The number of likely N-dealkylation sites (tertiary alicyclic amines) is 1. The Balaban J connectivity index is 2.36. The fraction of sp³-hybridized carbons (Fsp3) is 1.00. The van der Waals surface area contributed by atoms with Crippen molar-refractivity contribution >= 4 is 22.6 Å². The Labute approximate surface area is 83.7 Å². The SMILES string of the molecule is CC(I)CC1CCC(C)N1C. The molecule has 1 heterocycles. The lowest BCUT2D eigenvalue weighted by Gasteiger charge is -2.24. The molecule has 1 saturated heterocycles. The van der Waals surface area contributed by atoms with E-state index >= 15 is 0 Å². The van der Waals surface area contributed by atoms with E-state index in [1.807, 2.05) is 0 Å². The lowest BCUT2D eigenvalue weighted by Crippen LogP contribution is -2.31. The number of alkyl halides is 1. The predicted molar refractivity (Wildman–Crippen MR) is 58.3 cm³/mol. The first kappa shape index (κ1) is 9.78. The second kappa shape index (κ2) is 4.08. The Morgan fingerprint density at radius 3 is 2.55 bits per heavy atom. The van der Waals surface area contributed by atoms with Gasteiger partial charge in [0.2, 0.25) is 0 Å². The van der Waals surface area contributed by atoms with Crippen molar-refractivity contribution in [2.45, 2.75) is 49.1 Å². The Kier molecular flexibility index (Phi) is 3.62. The molecule has 0 aromatic carbocycles. The highest BCUT2D eigenvalue weighted by atomic mass is 127. The second-order valence-electron chi connectivity index (χ2n) is 3.76. The third-order valence-electron chi connectivity index (χ3n) is 2.79. The van der Waals surface area contributed by atoms with Crippen LogP contribution in [0.1, 0.15) is 33.1 Å². The van der Waals surface area contributed by atoms with Crippen molar-refractivity contribution in [2.75, 3.05) is 7.05 Å². The van der Waals surface area contributed by atoms with Crippen molar-refractivity contribution < 1.29 is 0 Å². The van der Waals surface area contributed by atoms with Gasteiger partial charge in [-0.2, -0.15) is 0 Å². The third kappa shape index (κ3) is 2.58. The minimum atomic E-state index is 0.815. The van der Waals surface area contributed by atoms with Crippen LogP contribution in [0.3, 0.4) is 0 Å². The van der Waals surface area contributed by atoms with Gasteiger partial charge in [-0.25, -0.2) is 0 Å². The zero-order valence-electron chi connectivity index (χ0n) is 7.68. The maximum absolute atomic E-state index is 2.54. The summed E-state index contributed by atoms with van der Waals surface area (Å²) in [4.78, 5) is 2.54. The van der Waals surface area contributed by atoms with Crippen LogP contribution in [-0.4, -0.2) is 28.0 Å². The summed E-state index contributed by atoms with van der Waals surface area (Å²) in [6, 6.07) is 1.67. The van der Waals surface area contributed by atoms with Crippen molar-refractivity contribution in [3.63, 3.8) is 0 Å². The van der Waals surface area contributed by atoms with Crippen molar-refractivity contribution in [3.8, 4) is 0 Å². The molecule has 11 heavy (non-hydrogen) atoms. The maximum atomic E-state index is 2.54. The van der Waals surface area contributed by atoms with Crippen LogP contribution < -0.4 is 0 Å². The maximum Gasteiger partial charge on any atom is 0.0105 e. The van der Waals surface area contributed by atoms with Gasteiger partial charge in [0, 0.05) is 16.0 Å². The number of nitrogens with zero attached hydrogens (tertiary/aromatic N) is 1.